The van der Waals surface area contributed by atoms with Gasteiger partial charge in [0.25, 0.3) is 0 Å². The standard InChI is InChI=1S/C26H25F3N6O4S/c1-14-5-18(26(27,28)29)9-19(6-14)35-15(2)21(11-31)24(34-25(35)37)20-4-3-16(10-30)7-22(20)40(38,39)33-13-17-8-23(36)32-12-17/h3-4,6-7,9,14,17,24,33H,5,8,12-13H2,1-2H3,(H,32,36)(H,34,37)/t14?,17?,24-/m1/s1. The number of alkyl halides is 3. The maximum atomic E-state index is 13.5. The van der Waals surface area contributed by atoms with Crippen molar-refractivity contribution < 1.29 is 31.2 Å². The van der Waals surface area contributed by atoms with Crippen LogP contribution in [0.4, 0.5) is 18.0 Å². The third kappa shape index (κ3) is 5.73. The highest BCUT2D eigenvalue weighted by Gasteiger charge is 2.40. The molecule has 1 aromatic rings. The van der Waals surface area contributed by atoms with Crippen molar-refractivity contribution in [3.8, 4) is 12.1 Å². The number of hydrogen-bond donors (Lipinski definition) is 3. The van der Waals surface area contributed by atoms with Gasteiger partial charge in [0.1, 0.15) is 0 Å². The third-order valence-corrected chi connectivity index (χ3v) is 8.39. The quantitative estimate of drug-likeness (QED) is 0.474. The van der Waals surface area contributed by atoms with Crippen LogP contribution in [-0.2, 0) is 14.8 Å². The van der Waals surface area contributed by atoms with Crippen molar-refractivity contribution in [2.75, 3.05) is 13.1 Å². The number of amides is 3. The van der Waals surface area contributed by atoms with E-state index < -0.39 is 39.8 Å². The number of allylic oxidation sites excluding steroid dienone is 4. The fourth-order valence-electron chi connectivity index (χ4n) is 4.94. The van der Waals surface area contributed by atoms with Crippen LogP contribution in [0.3, 0.4) is 0 Å². The van der Waals surface area contributed by atoms with Gasteiger partial charge in [-0.1, -0.05) is 19.1 Å². The van der Waals surface area contributed by atoms with E-state index >= 15 is 0 Å². The fourth-order valence-corrected chi connectivity index (χ4v) is 6.33. The van der Waals surface area contributed by atoms with Gasteiger partial charge in [-0.25, -0.2) is 17.9 Å². The lowest BCUT2D eigenvalue weighted by molar-refractivity contribution is -0.119. The minimum absolute atomic E-state index is 0.00598. The molecule has 3 atom stereocenters. The van der Waals surface area contributed by atoms with Crippen LogP contribution >= 0.6 is 0 Å². The van der Waals surface area contributed by atoms with Crippen LogP contribution in [0.5, 0.6) is 0 Å². The highest BCUT2D eigenvalue weighted by molar-refractivity contribution is 7.89. The number of carbonyl (C=O) groups excluding carboxylic acids is 2. The summed E-state index contributed by atoms with van der Waals surface area (Å²) in [5.41, 5.74) is -0.923. The lowest BCUT2D eigenvalue weighted by Gasteiger charge is -2.36. The van der Waals surface area contributed by atoms with E-state index in [-0.39, 0.29) is 64.2 Å². The minimum atomic E-state index is -4.60. The van der Waals surface area contributed by atoms with Crippen LogP contribution in [0, 0.1) is 34.5 Å². The van der Waals surface area contributed by atoms with E-state index in [1.165, 1.54) is 25.1 Å². The number of benzene rings is 1. The Morgan fingerprint density at radius 2 is 1.90 bits per heavy atom. The molecule has 0 radical (unpaired) electrons. The second-order valence-corrected chi connectivity index (χ2v) is 11.6. The number of hydrogen-bond acceptors (Lipinski definition) is 6. The topological polar surface area (TPSA) is 155 Å². The molecular formula is C26H25F3N6O4S. The van der Waals surface area contributed by atoms with Crippen molar-refractivity contribution >= 4 is 22.0 Å². The first kappa shape index (κ1) is 28.9. The summed E-state index contributed by atoms with van der Waals surface area (Å²) in [5, 5.41) is 24.6. The average Bonchev–Trinajstić information content (AvgIpc) is 3.31. The van der Waals surface area contributed by atoms with Crippen molar-refractivity contribution in [1.82, 2.24) is 20.3 Å². The van der Waals surface area contributed by atoms with Crippen LogP contribution in [0.25, 0.3) is 0 Å². The molecule has 2 aliphatic heterocycles. The Hall–Kier alpha value is -4.14. The monoisotopic (exact) mass is 574 g/mol. The molecule has 3 aliphatic rings. The Labute approximate surface area is 228 Å². The number of nitrogens with zero attached hydrogens (tertiary/aromatic N) is 3. The van der Waals surface area contributed by atoms with Gasteiger partial charge in [-0.2, -0.15) is 23.7 Å². The molecule has 1 aromatic carbocycles. The molecule has 3 amide bonds. The summed E-state index contributed by atoms with van der Waals surface area (Å²) >= 11 is 0. The highest BCUT2D eigenvalue weighted by Crippen LogP contribution is 2.40. The van der Waals surface area contributed by atoms with Gasteiger partial charge in [-0.15, -0.1) is 0 Å². The van der Waals surface area contributed by atoms with Gasteiger partial charge < -0.3 is 10.6 Å². The Bertz CT molecular complexity index is 1550. The molecule has 0 saturated carbocycles. The lowest BCUT2D eigenvalue weighted by atomic mass is 9.91. The molecule has 2 heterocycles. The highest BCUT2D eigenvalue weighted by atomic mass is 32.2. The summed E-state index contributed by atoms with van der Waals surface area (Å²) in [5.74, 6) is -1.03. The molecule has 40 heavy (non-hydrogen) atoms. The first-order valence-corrected chi connectivity index (χ1v) is 13.7. The van der Waals surface area contributed by atoms with Crippen molar-refractivity contribution in [3.63, 3.8) is 0 Å². The Morgan fingerprint density at radius 1 is 1.18 bits per heavy atom. The summed E-state index contributed by atoms with van der Waals surface area (Å²) in [6.07, 6.45) is -2.36. The molecule has 2 unspecified atom stereocenters. The Morgan fingerprint density at radius 3 is 2.50 bits per heavy atom. The molecule has 14 heteroatoms. The predicted molar refractivity (Wildman–Crippen MR) is 135 cm³/mol. The van der Waals surface area contributed by atoms with Crippen LogP contribution in [0.15, 0.2) is 57.8 Å². The van der Waals surface area contributed by atoms with Crippen LogP contribution in [0.1, 0.15) is 43.9 Å². The number of nitriles is 2. The molecule has 0 aromatic heterocycles. The van der Waals surface area contributed by atoms with Crippen molar-refractivity contribution in [2.45, 2.75) is 43.8 Å². The summed E-state index contributed by atoms with van der Waals surface area (Å²) in [4.78, 5) is 25.4. The van der Waals surface area contributed by atoms with Crippen LogP contribution < -0.4 is 15.4 Å². The fraction of sp³-hybridized carbons (Fsp3) is 0.385. The average molecular weight is 575 g/mol. The maximum absolute atomic E-state index is 13.5. The van der Waals surface area contributed by atoms with Gasteiger partial charge in [0.15, 0.2) is 0 Å². The lowest BCUT2D eigenvalue weighted by Crippen LogP contribution is -2.46. The first-order valence-electron chi connectivity index (χ1n) is 12.3. The van der Waals surface area contributed by atoms with Crippen LogP contribution in [-0.4, -0.2) is 44.5 Å². The SMILES string of the molecule is CC1=C(C#N)[C@@H](c2ccc(C#N)cc2S(=O)(=O)NCC2CNC(=O)C2)NC(=O)N1C1=CC(C)CC(C(F)(F)F)=C1. The number of urea groups is 1. The van der Waals surface area contributed by atoms with Gasteiger partial charge >= 0.3 is 12.2 Å². The zero-order chi connectivity index (χ0) is 29.4. The van der Waals surface area contributed by atoms with Crippen LogP contribution in [0.2, 0.25) is 0 Å². The van der Waals surface area contributed by atoms with Gasteiger partial charge in [0.2, 0.25) is 15.9 Å². The van der Waals surface area contributed by atoms with Gasteiger partial charge in [-0.3, -0.25) is 9.69 Å². The van der Waals surface area contributed by atoms with Crippen molar-refractivity contribution in [1.29, 1.82) is 10.5 Å². The molecular weight excluding hydrogens is 549 g/mol. The van der Waals surface area contributed by atoms with Gasteiger partial charge in [0.05, 0.1) is 34.2 Å². The Kier molecular flexibility index (Phi) is 7.78. The number of sulfonamides is 1. The molecule has 1 aliphatic carbocycles. The summed E-state index contributed by atoms with van der Waals surface area (Å²) < 4.78 is 69.6. The second kappa shape index (κ2) is 10.8. The van der Waals surface area contributed by atoms with Crippen molar-refractivity contribution in [2.24, 2.45) is 11.8 Å². The molecule has 0 spiro atoms. The third-order valence-electron chi connectivity index (χ3n) is 6.91. The zero-order valence-corrected chi connectivity index (χ0v) is 22.3. The van der Waals surface area contributed by atoms with E-state index in [1.54, 1.807) is 6.92 Å². The first-order chi connectivity index (χ1) is 18.7. The smallest absolute Gasteiger partial charge is 0.356 e. The van der Waals surface area contributed by atoms with E-state index in [2.05, 4.69) is 15.4 Å². The molecule has 4 rings (SSSR count). The normalized spacial score (nSPS) is 23.6. The summed E-state index contributed by atoms with van der Waals surface area (Å²) in [6.45, 7) is 3.19. The molecule has 1 saturated heterocycles. The molecule has 210 valence electrons. The zero-order valence-electron chi connectivity index (χ0n) is 21.5. The van der Waals surface area contributed by atoms with Gasteiger partial charge in [0, 0.05) is 36.5 Å². The molecule has 10 nitrogen and oxygen atoms in total. The maximum Gasteiger partial charge on any atom is 0.412 e. The van der Waals surface area contributed by atoms with Crippen molar-refractivity contribution in [3.05, 3.63) is 64.0 Å². The van der Waals surface area contributed by atoms with E-state index in [1.807, 2.05) is 12.1 Å². The largest absolute Gasteiger partial charge is 0.412 e. The summed E-state index contributed by atoms with van der Waals surface area (Å²) in [6, 6.07) is 5.46. The predicted octanol–water partition coefficient (Wildman–Crippen LogP) is 3.25. The number of halogens is 3. The van der Waals surface area contributed by atoms with E-state index in [4.69, 9.17) is 0 Å². The molecule has 1 fully saturated rings. The van der Waals surface area contributed by atoms with E-state index in [0.717, 1.165) is 17.0 Å². The number of rotatable bonds is 6. The van der Waals surface area contributed by atoms with Gasteiger partial charge in [-0.05, 0) is 49.0 Å². The minimum Gasteiger partial charge on any atom is -0.356 e. The molecule has 0 bridgehead atoms. The Balaban J connectivity index is 1.75. The molecule has 3 N–H and O–H groups in total. The number of nitrogens with one attached hydrogen (secondary N) is 3. The van der Waals surface area contributed by atoms with E-state index in [0.29, 0.717) is 6.54 Å². The number of carbonyl (C=O) groups is 2. The van der Waals surface area contributed by atoms with E-state index in [9.17, 15) is 41.7 Å². The summed E-state index contributed by atoms with van der Waals surface area (Å²) in [7, 11) is -4.29. The second-order valence-electron chi connectivity index (χ2n) is 9.86.